The highest BCUT2D eigenvalue weighted by atomic mass is 127. The lowest BCUT2D eigenvalue weighted by Crippen LogP contribution is -2.57. The highest BCUT2D eigenvalue weighted by molar-refractivity contribution is 14.0. The zero-order valence-electron chi connectivity index (χ0n) is 20.3. The van der Waals surface area contributed by atoms with Gasteiger partial charge in [-0.15, -0.1) is 24.0 Å². The summed E-state index contributed by atoms with van der Waals surface area (Å²) in [6, 6.07) is 11.3. The summed E-state index contributed by atoms with van der Waals surface area (Å²) >= 11 is 0. The molecule has 33 heavy (non-hydrogen) atoms. The van der Waals surface area contributed by atoms with E-state index in [0.717, 1.165) is 71.2 Å². The van der Waals surface area contributed by atoms with E-state index in [1.807, 2.05) is 11.9 Å². The van der Waals surface area contributed by atoms with Gasteiger partial charge in [0.05, 0.1) is 6.04 Å². The van der Waals surface area contributed by atoms with Crippen molar-refractivity contribution < 1.29 is 4.79 Å². The molecule has 3 heterocycles. The SMILES string of the molecule is CN=C(NCC1CCCN1Cc1ccccc1)N1CCN(C(C)C(=O)N2CCCC2)CC1.I. The van der Waals surface area contributed by atoms with Gasteiger partial charge >= 0.3 is 0 Å². The molecular formula is C25H41IN6O. The van der Waals surface area contributed by atoms with Crippen LogP contribution in [0.3, 0.4) is 0 Å². The quantitative estimate of drug-likeness (QED) is 0.325. The van der Waals surface area contributed by atoms with Gasteiger partial charge in [-0.3, -0.25) is 19.6 Å². The topological polar surface area (TPSA) is 54.4 Å². The number of hydrogen-bond donors (Lipinski definition) is 1. The Morgan fingerprint density at radius 2 is 1.70 bits per heavy atom. The fourth-order valence-electron chi connectivity index (χ4n) is 5.37. The average molecular weight is 569 g/mol. The van der Waals surface area contributed by atoms with Crippen molar-refractivity contribution in [3.63, 3.8) is 0 Å². The van der Waals surface area contributed by atoms with Crippen molar-refractivity contribution >= 4 is 35.8 Å². The second kappa shape index (κ2) is 12.9. The molecule has 3 aliphatic heterocycles. The van der Waals surface area contributed by atoms with E-state index in [9.17, 15) is 4.79 Å². The second-order valence-electron chi connectivity index (χ2n) is 9.41. The largest absolute Gasteiger partial charge is 0.355 e. The van der Waals surface area contributed by atoms with Crippen molar-refractivity contribution in [2.75, 3.05) is 59.4 Å². The number of piperazine rings is 1. The molecule has 3 saturated heterocycles. The third-order valence-corrected chi connectivity index (χ3v) is 7.37. The van der Waals surface area contributed by atoms with Crippen LogP contribution in [-0.2, 0) is 11.3 Å². The maximum Gasteiger partial charge on any atom is 0.239 e. The van der Waals surface area contributed by atoms with Gasteiger partial charge in [0.1, 0.15) is 0 Å². The molecule has 0 radical (unpaired) electrons. The van der Waals surface area contributed by atoms with E-state index in [2.05, 4.69) is 62.3 Å². The molecule has 2 unspecified atom stereocenters. The molecule has 0 aliphatic carbocycles. The van der Waals surface area contributed by atoms with Crippen molar-refractivity contribution in [2.24, 2.45) is 4.99 Å². The molecule has 1 aromatic carbocycles. The Bertz CT molecular complexity index is 761. The number of halogens is 1. The van der Waals surface area contributed by atoms with E-state index in [4.69, 9.17) is 0 Å². The van der Waals surface area contributed by atoms with Crippen LogP contribution in [0.25, 0.3) is 0 Å². The highest BCUT2D eigenvalue weighted by Crippen LogP contribution is 2.20. The zero-order chi connectivity index (χ0) is 22.3. The number of carbonyl (C=O) groups excluding carboxylic acids is 1. The lowest BCUT2D eigenvalue weighted by atomic mass is 10.2. The smallest absolute Gasteiger partial charge is 0.239 e. The molecule has 1 amide bonds. The van der Waals surface area contributed by atoms with Gasteiger partial charge in [-0.1, -0.05) is 30.3 Å². The van der Waals surface area contributed by atoms with Crippen LogP contribution < -0.4 is 5.32 Å². The lowest BCUT2D eigenvalue weighted by molar-refractivity contribution is -0.135. The molecule has 2 atom stereocenters. The Kier molecular flexibility index (Phi) is 10.2. The van der Waals surface area contributed by atoms with Crippen molar-refractivity contribution in [1.82, 2.24) is 24.9 Å². The Morgan fingerprint density at radius 1 is 1.00 bits per heavy atom. The van der Waals surface area contributed by atoms with Gasteiger partial charge in [0.15, 0.2) is 5.96 Å². The maximum absolute atomic E-state index is 12.8. The first kappa shape index (κ1) is 26.2. The predicted molar refractivity (Wildman–Crippen MR) is 145 cm³/mol. The van der Waals surface area contributed by atoms with Crippen LogP contribution in [0.2, 0.25) is 0 Å². The van der Waals surface area contributed by atoms with Crippen LogP contribution in [0.4, 0.5) is 0 Å². The highest BCUT2D eigenvalue weighted by Gasteiger charge is 2.31. The molecule has 0 saturated carbocycles. The minimum absolute atomic E-state index is 0. The molecule has 3 aliphatic rings. The standard InChI is InChI=1S/C25H40N6O.HI/c1-21(24(32)29-12-6-7-13-29)28-15-17-30(18-16-28)25(26-2)27-19-23-11-8-14-31(23)20-22-9-4-3-5-10-22;/h3-5,9-10,21,23H,6-8,11-20H2,1-2H3,(H,26,27);1H. The van der Waals surface area contributed by atoms with E-state index >= 15 is 0 Å². The van der Waals surface area contributed by atoms with Gasteiger partial charge in [0.25, 0.3) is 0 Å². The van der Waals surface area contributed by atoms with Crippen LogP contribution in [-0.4, -0.2) is 103 Å². The summed E-state index contributed by atoms with van der Waals surface area (Å²) in [4.78, 5) is 26.6. The van der Waals surface area contributed by atoms with Crippen molar-refractivity contribution in [2.45, 2.75) is 51.2 Å². The Hall–Kier alpha value is -1.39. The number of aliphatic imine (C=N–C) groups is 1. The normalized spacial score (nSPS) is 23.5. The summed E-state index contributed by atoms with van der Waals surface area (Å²) < 4.78 is 0. The summed E-state index contributed by atoms with van der Waals surface area (Å²) in [7, 11) is 1.88. The Balaban J connectivity index is 0.00000306. The summed E-state index contributed by atoms with van der Waals surface area (Å²) in [6.45, 7) is 10.7. The van der Waals surface area contributed by atoms with E-state index < -0.39 is 0 Å². The molecule has 184 valence electrons. The molecule has 7 nitrogen and oxygen atoms in total. The minimum atomic E-state index is -0.0183. The molecule has 8 heteroatoms. The van der Waals surface area contributed by atoms with E-state index in [0.29, 0.717) is 11.9 Å². The number of hydrogen-bond acceptors (Lipinski definition) is 4. The Labute approximate surface area is 216 Å². The maximum atomic E-state index is 12.8. The van der Waals surface area contributed by atoms with Crippen LogP contribution in [0.15, 0.2) is 35.3 Å². The van der Waals surface area contributed by atoms with Gasteiger partial charge in [0, 0.05) is 65.4 Å². The second-order valence-corrected chi connectivity index (χ2v) is 9.41. The summed E-state index contributed by atoms with van der Waals surface area (Å²) in [5, 5.41) is 3.65. The molecule has 0 bridgehead atoms. The minimum Gasteiger partial charge on any atom is -0.355 e. The molecular weight excluding hydrogens is 527 g/mol. The molecule has 3 fully saturated rings. The summed E-state index contributed by atoms with van der Waals surface area (Å²) in [5.41, 5.74) is 1.39. The predicted octanol–water partition coefficient (Wildman–Crippen LogP) is 2.47. The van der Waals surface area contributed by atoms with Gasteiger partial charge in [-0.2, -0.15) is 0 Å². The van der Waals surface area contributed by atoms with Crippen LogP contribution >= 0.6 is 24.0 Å². The van der Waals surface area contributed by atoms with Gasteiger partial charge in [0.2, 0.25) is 5.91 Å². The number of amides is 1. The third-order valence-electron chi connectivity index (χ3n) is 7.37. The van der Waals surface area contributed by atoms with Crippen molar-refractivity contribution in [3.8, 4) is 0 Å². The number of benzene rings is 1. The molecule has 0 spiro atoms. The lowest BCUT2D eigenvalue weighted by Gasteiger charge is -2.40. The number of nitrogens with one attached hydrogen (secondary N) is 1. The summed E-state index contributed by atoms with van der Waals surface area (Å²) in [6.07, 6.45) is 4.80. The van der Waals surface area contributed by atoms with Crippen LogP contribution in [0, 0.1) is 0 Å². The molecule has 0 aromatic heterocycles. The van der Waals surface area contributed by atoms with E-state index in [-0.39, 0.29) is 30.0 Å². The Morgan fingerprint density at radius 3 is 2.36 bits per heavy atom. The molecule has 4 rings (SSSR count). The van der Waals surface area contributed by atoms with Gasteiger partial charge in [-0.25, -0.2) is 0 Å². The van der Waals surface area contributed by atoms with Gasteiger partial charge < -0.3 is 15.1 Å². The monoisotopic (exact) mass is 568 g/mol. The van der Waals surface area contributed by atoms with Crippen molar-refractivity contribution in [3.05, 3.63) is 35.9 Å². The van der Waals surface area contributed by atoms with Crippen LogP contribution in [0.1, 0.15) is 38.2 Å². The molecule has 1 aromatic rings. The fourth-order valence-corrected chi connectivity index (χ4v) is 5.37. The van der Waals surface area contributed by atoms with E-state index in [1.165, 1.54) is 24.9 Å². The number of rotatable bonds is 6. The number of carbonyl (C=O) groups is 1. The van der Waals surface area contributed by atoms with E-state index in [1.54, 1.807) is 0 Å². The third kappa shape index (κ3) is 6.82. The van der Waals surface area contributed by atoms with Crippen LogP contribution in [0.5, 0.6) is 0 Å². The summed E-state index contributed by atoms with van der Waals surface area (Å²) in [5.74, 6) is 1.30. The van der Waals surface area contributed by atoms with Crippen molar-refractivity contribution in [1.29, 1.82) is 0 Å². The fraction of sp³-hybridized carbons (Fsp3) is 0.680. The number of likely N-dealkylation sites (tertiary alicyclic amines) is 2. The average Bonchev–Trinajstić information content (AvgIpc) is 3.52. The van der Waals surface area contributed by atoms with Gasteiger partial charge in [-0.05, 0) is 44.7 Å². The first-order valence-electron chi connectivity index (χ1n) is 12.4. The number of guanidine groups is 1. The first-order valence-corrected chi connectivity index (χ1v) is 12.4. The number of nitrogens with zero attached hydrogens (tertiary/aromatic N) is 5. The first-order chi connectivity index (χ1) is 15.7. The molecule has 1 N–H and O–H groups in total. The zero-order valence-corrected chi connectivity index (χ0v) is 22.6.